The number of hydrogen-bond acceptors (Lipinski definition) is 3. The average Bonchev–Trinajstić information content (AvgIpc) is 3.76. The zero-order valence-corrected chi connectivity index (χ0v) is 19.8. The van der Waals surface area contributed by atoms with Crippen LogP contribution in [-0.2, 0) is 0 Å². The molecule has 2 aliphatic rings. The molecule has 2 aliphatic carbocycles. The maximum Gasteiger partial charge on any atom is 0.119 e. The molecule has 1 heterocycles. The molecule has 0 saturated heterocycles. The Morgan fingerprint density at radius 1 is 0.909 bits per heavy atom. The topological polar surface area (TPSA) is 25.4 Å². The Kier molecular flexibility index (Phi) is 6.67. The van der Waals surface area contributed by atoms with Crippen LogP contribution in [0.5, 0.6) is 5.75 Å². The fraction of sp³-hybridized carbons (Fsp3) is 0.345. The molecule has 0 unspecified atom stereocenters. The number of benzene rings is 2. The summed E-state index contributed by atoms with van der Waals surface area (Å²) in [6.45, 7) is 4.20. The largest absolute Gasteiger partial charge is 0.493 e. The normalized spacial score (nSPS) is 16.2. The number of pyridine rings is 1. The van der Waals surface area contributed by atoms with Gasteiger partial charge in [0.25, 0.3) is 0 Å². The minimum absolute atomic E-state index is 0.535. The second kappa shape index (κ2) is 10.00. The predicted octanol–water partition coefficient (Wildman–Crippen LogP) is 6.44. The Morgan fingerprint density at radius 3 is 2.18 bits per heavy atom. The molecule has 0 bridgehead atoms. The lowest BCUT2D eigenvalue weighted by molar-refractivity contribution is 0.173. The van der Waals surface area contributed by atoms with E-state index in [0.717, 1.165) is 58.4 Å². The van der Waals surface area contributed by atoms with Gasteiger partial charge in [-0.25, -0.2) is 4.98 Å². The number of aromatic nitrogens is 1. The van der Waals surface area contributed by atoms with E-state index in [2.05, 4.69) is 28.6 Å². The summed E-state index contributed by atoms with van der Waals surface area (Å²) in [4.78, 5) is 7.21. The summed E-state index contributed by atoms with van der Waals surface area (Å²) in [6.07, 6.45) is 7.38. The van der Waals surface area contributed by atoms with E-state index in [-0.39, 0.29) is 0 Å². The van der Waals surface area contributed by atoms with Crippen molar-refractivity contribution in [3.63, 3.8) is 0 Å². The number of nitrogens with zero attached hydrogens (tertiary/aromatic N) is 2. The van der Waals surface area contributed by atoms with Crippen LogP contribution in [0.2, 0.25) is 5.02 Å². The van der Waals surface area contributed by atoms with Gasteiger partial charge in [-0.1, -0.05) is 42.6 Å². The highest BCUT2D eigenvalue weighted by Gasteiger charge is 2.39. The van der Waals surface area contributed by atoms with Crippen LogP contribution in [0.15, 0.2) is 66.9 Å². The van der Waals surface area contributed by atoms with Gasteiger partial charge in [-0.15, -0.1) is 0 Å². The average molecular weight is 457 g/mol. The van der Waals surface area contributed by atoms with E-state index >= 15 is 0 Å². The minimum Gasteiger partial charge on any atom is -0.493 e. The molecule has 3 nitrogen and oxygen atoms in total. The van der Waals surface area contributed by atoms with Crippen LogP contribution >= 0.6 is 11.6 Å². The van der Waals surface area contributed by atoms with Crippen LogP contribution in [0.3, 0.4) is 0 Å². The monoisotopic (exact) mass is 456 g/mol. The lowest BCUT2D eigenvalue weighted by atomic mass is 10.1. The quantitative estimate of drug-likeness (QED) is 0.364. The molecule has 5 rings (SSSR count). The van der Waals surface area contributed by atoms with Gasteiger partial charge in [0.05, 0.1) is 6.61 Å². The highest BCUT2D eigenvalue weighted by Crippen LogP contribution is 2.37. The Hall–Kier alpha value is -2.80. The smallest absolute Gasteiger partial charge is 0.119 e. The summed E-state index contributed by atoms with van der Waals surface area (Å²) in [5, 5.41) is 0.730. The Balaban J connectivity index is 1.13. The number of halogens is 1. The lowest BCUT2D eigenvalue weighted by Crippen LogP contribution is -2.34. The van der Waals surface area contributed by atoms with Crippen molar-refractivity contribution < 1.29 is 4.74 Å². The van der Waals surface area contributed by atoms with Crippen molar-refractivity contribution in [2.45, 2.75) is 44.7 Å². The first-order chi connectivity index (χ1) is 16.1. The SMILES string of the molecule is C[C@@H](COc1ccc(C#Cc2ccc(-c3ccc(Cl)cc3)cn2)cc1)CN(C1CC1)C1CC1. The summed E-state index contributed by atoms with van der Waals surface area (Å²) in [6, 6.07) is 21.5. The summed E-state index contributed by atoms with van der Waals surface area (Å²) in [5.74, 6) is 7.78. The van der Waals surface area contributed by atoms with Crippen molar-refractivity contribution in [3.05, 3.63) is 83.1 Å². The van der Waals surface area contributed by atoms with Crippen molar-refractivity contribution in [3.8, 4) is 28.7 Å². The summed E-state index contributed by atoms with van der Waals surface area (Å²) in [5.41, 5.74) is 3.83. The van der Waals surface area contributed by atoms with Crippen LogP contribution < -0.4 is 4.74 Å². The van der Waals surface area contributed by atoms with Gasteiger partial charge in [-0.05, 0) is 79.6 Å². The van der Waals surface area contributed by atoms with Gasteiger partial charge < -0.3 is 4.74 Å². The van der Waals surface area contributed by atoms with Crippen molar-refractivity contribution in [2.24, 2.45) is 5.92 Å². The van der Waals surface area contributed by atoms with Gasteiger partial charge in [-0.3, -0.25) is 4.90 Å². The third-order valence-electron chi connectivity index (χ3n) is 6.22. The van der Waals surface area contributed by atoms with E-state index in [4.69, 9.17) is 16.3 Å². The fourth-order valence-corrected chi connectivity index (χ4v) is 4.24. The molecule has 0 spiro atoms. The maximum atomic E-state index is 6.05. The molecule has 33 heavy (non-hydrogen) atoms. The molecule has 2 saturated carbocycles. The first-order valence-corrected chi connectivity index (χ1v) is 12.2. The molecule has 3 aromatic rings. The van der Waals surface area contributed by atoms with E-state index in [0.29, 0.717) is 5.92 Å². The van der Waals surface area contributed by atoms with E-state index in [1.54, 1.807) is 0 Å². The Bertz CT molecular complexity index is 1110. The van der Waals surface area contributed by atoms with Crippen LogP contribution in [0.25, 0.3) is 11.1 Å². The molecule has 2 fully saturated rings. The minimum atomic E-state index is 0.535. The van der Waals surface area contributed by atoms with Crippen molar-refractivity contribution in [2.75, 3.05) is 13.2 Å². The zero-order chi connectivity index (χ0) is 22.6. The second-order valence-electron chi connectivity index (χ2n) is 9.29. The lowest BCUT2D eigenvalue weighted by Gasteiger charge is -2.25. The summed E-state index contributed by atoms with van der Waals surface area (Å²) in [7, 11) is 0. The van der Waals surface area contributed by atoms with Crippen molar-refractivity contribution >= 4 is 11.6 Å². The van der Waals surface area contributed by atoms with Gasteiger partial charge >= 0.3 is 0 Å². The Morgan fingerprint density at radius 2 is 1.58 bits per heavy atom. The summed E-state index contributed by atoms with van der Waals surface area (Å²) >= 11 is 5.96. The standard InChI is InChI=1S/C29H29ClN2O/c1-21(19-32(27-12-13-27)28-14-15-28)20-33-29-16-3-22(4-17-29)2-10-26-11-7-24(18-31-26)23-5-8-25(30)9-6-23/h3-9,11,16-18,21,27-28H,12-15,19-20H2,1H3/t21-/m1/s1. The molecule has 168 valence electrons. The predicted molar refractivity (Wildman–Crippen MR) is 135 cm³/mol. The molecular weight excluding hydrogens is 428 g/mol. The second-order valence-corrected chi connectivity index (χ2v) is 9.73. The summed E-state index contributed by atoms with van der Waals surface area (Å²) < 4.78 is 6.05. The van der Waals surface area contributed by atoms with Gasteiger partial charge in [-0.2, -0.15) is 0 Å². The third kappa shape index (κ3) is 6.16. The van der Waals surface area contributed by atoms with Gasteiger partial charge in [0.1, 0.15) is 11.4 Å². The highest BCUT2D eigenvalue weighted by atomic mass is 35.5. The molecular formula is C29H29ClN2O. The van der Waals surface area contributed by atoms with E-state index in [1.807, 2.05) is 66.9 Å². The molecule has 0 N–H and O–H groups in total. The first kappa shape index (κ1) is 22.0. The van der Waals surface area contributed by atoms with Crippen LogP contribution in [0, 0.1) is 17.8 Å². The first-order valence-electron chi connectivity index (χ1n) is 11.9. The number of rotatable bonds is 8. The molecule has 0 aliphatic heterocycles. The fourth-order valence-electron chi connectivity index (χ4n) is 4.11. The molecule has 4 heteroatoms. The van der Waals surface area contributed by atoms with E-state index in [9.17, 15) is 0 Å². The van der Waals surface area contributed by atoms with E-state index in [1.165, 1.54) is 25.7 Å². The van der Waals surface area contributed by atoms with Crippen LogP contribution in [0.4, 0.5) is 0 Å². The third-order valence-corrected chi connectivity index (χ3v) is 6.47. The van der Waals surface area contributed by atoms with Crippen LogP contribution in [-0.4, -0.2) is 35.1 Å². The highest BCUT2D eigenvalue weighted by molar-refractivity contribution is 6.30. The van der Waals surface area contributed by atoms with Gasteiger partial charge in [0.2, 0.25) is 0 Å². The van der Waals surface area contributed by atoms with Crippen LogP contribution in [0.1, 0.15) is 43.9 Å². The molecule has 0 radical (unpaired) electrons. The molecule has 1 atom stereocenters. The maximum absolute atomic E-state index is 6.05. The van der Waals surface area contributed by atoms with E-state index < -0.39 is 0 Å². The van der Waals surface area contributed by atoms with Gasteiger partial charge in [0.15, 0.2) is 0 Å². The molecule has 0 amide bonds. The zero-order valence-electron chi connectivity index (χ0n) is 19.0. The van der Waals surface area contributed by atoms with Crippen molar-refractivity contribution in [1.29, 1.82) is 0 Å². The van der Waals surface area contributed by atoms with Gasteiger partial charge in [0, 0.05) is 46.9 Å². The van der Waals surface area contributed by atoms with Crippen molar-refractivity contribution in [1.82, 2.24) is 9.88 Å². The number of hydrogen-bond donors (Lipinski definition) is 0. The number of ether oxygens (including phenoxy) is 1. The molecule has 2 aromatic carbocycles. The molecule has 1 aromatic heterocycles. The Labute approximate surface area is 201 Å².